The molecule has 5 rings (SSSR count). The van der Waals surface area contributed by atoms with E-state index < -0.39 is 11.9 Å². The fourth-order valence-electron chi connectivity index (χ4n) is 3.81. The van der Waals surface area contributed by atoms with Gasteiger partial charge in [0.15, 0.2) is 16.9 Å². The van der Waals surface area contributed by atoms with Crippen LogP contribution in [-0.2, 0) is 25.8 Å². The van der Waals surface area contributed by atoms with E-state index >= 15 is 0 Å². The molecule has 3 aromatic heterocycles. The summed E-state index contributed by atoms with van der Waals surface area (Å²) in [5.41, 5.74) is -0.146. The summed E-state index contributed by atoms with van der Waals surface area (Å²) in [5.74, 6) is 0.562. The third kappa shape index (κ3) is 3.32. The highest BCUT2D eigenvalue weighted by Crippen LogP contribution is 2.30. The number of hydrogen-bond acceptors (Lipinski definition) is 5. The van der Waals surface area contributed by atoms with Gasteiger partial charge in [0.05, 0.1) is 18.6 Å². The third-order valence-corrected chi connectivity index (χ3v) is 5.67. The van der Waals surface area contributed by atoms with Gasteiger partial charge < -0.3 is 14.0 Å². The topological polar surface area (TPSA) is 73.8 Å². The molecule has 0 aliphatic carbocycles. The summed E-state index contributed by atoms with van der Waals surface area (Å²) in [6.45, 7) is 3.17. The Kier molecular flexibility index (Phi) is 4.73. The molecule has 166 valence electrons. The molecule has 4 aromatic rings. The molecule has 0 saturated carbocycles. The van der Waals surface area contributed by atoms with Gasteiger partial charge in [-0.25, -0.2) is 14.5 Å². The van der Waals surface area contributed by atoms with Crippen LogP contribution in [0.25, 0.3) is 16.9 Å². The molecule has 0 spiro atoms. The molecule has 8 nitrogen and oxygen atoms in total. The Labute approximate surface area is 184 Å². The number of imidazole rings is 2. The van der Waals surface area contributed by atoms with Crippen LogP contribution in [0.3, 0.4) is 0 Å². The standard InChI is InChI=1S/C20H17ClF3N7O/c1-2-28-11-25-16-17(28)27-19(31(18(16)32)13-5-3-12(21)4-6-13)30-8-7-29-9-14(20(22,23)24)26-15(29)10-30/h3-6,9,11H,2,7-8,10H2,1H3. The van der Waals surface area contributed by atoms with Gasteiger partial charge in [-0.3, -0.25) is 4.79 Å². The zero-order chi connectivity index (χ0) is 22.6. The smallest absolute Gasteiger partial charge is 0.333 e. The molecule has 0 amide bonds. The van der Waals surface area contributed by atoms with Crippen molar-refractivity contribution in [3.8, 4) is 5.69 Å². The first-order valence-electron chi connectivity index (χ1n) is 9.88. The van der Waals surface area contributed by atoms with Gasteiger partial charge in [-0.1, -0.05) is 11.6 Å². The molecule has 1 aliphatic rings. The minimum atomic E-state index is -4.52. The van der Waals surface area contributed by atoms with Gasteiger partial charge in [0.25, 0.3) is 5.56 Å². The Morgan fingerprint density at radius 1 is 1.12 bits per heavy atom. The molecular formula is C20H17ClF3N7O. The largest absolute Gasteiger partial charge is 0.434 e. The quantitative estimate of drug-likeness (QED) is 0.465. The molecule has 0 fully saturated rings. The molecule has 4 heterocycles. The summed E-state index contributed by atoms with van der Waals surface area (Å²) in [7, 11) is 0. The summed E-state index contributed by atoms with van der Waals surface area (Å²) in [6, 6.07) is 6.68. The maximum absolute atomic E-state index is 13.4. The Hall–Kier alpha value is -3.34. The lowest BCUT2D eigenvalue weighted by Crippen LogP contribution is -2.38. The van der Waals surface area contributed by atoms with Crippen LogP contribution in [0.1, 0.15) is 18.4 Å². The average Bonchev–Trinajstić information content (AvgIpc) is 3.38. The highest BCUT2D eigenvalue weighted by molar-refractivity contribution is 6.30. The van der Waals surface area contributed by atoms with Crippen LogP contribution in [0.5, 0.6) is 0 Å². The molecule has 0 radical (unpaired) electrons. The molecule has 32 heavy (non-hydrogen) atoms. The number of benzene rings is 1. The normalized spacial score (nSPS) is 14.2. The number of nitrogens with zero attached hydrogens (tertiary/aromatic N) is 7. The Morgan fingerprint density at radius 2 is 1.88 bits per heavy atom. The van der Waals surface area contributed by atoms with Gasteiger partial charge in [0.1, 0.15) is 5.82 Å². The van der Waals surface area contributed by atoms with Gasteiger partial charge >= 0.3 is 6.18 Å². The number of rotatable bonds is 3. The van der Waals surface area contributed by atoms with E-state index in [0.29, 0.717) is 35.4 Å². The van der Waals surface area contributed by atoms with Crippen LogP contribution in [-0.4, -0.2) is 35.2 Å². The minimum Gasteiger partial charge on any atom is -0.333 e. The van der Waals surface area contributed by atoms with Crippen LogP contribution in [0.2, 0.25) is 5.02 Å². The second-order valence-electron chi connectivity index (χ2n) is 7.39. The van der Waals surface area contributed by atoms with Crippen LogP contribution in [0.4, 0.5) is 19.1 Å². The van der Waals surface area contributed by atoms with Crippen molar-refractivity contribution in [3.05, 3.63) is 63.7 Å². The maximum atomic E-state index is 13.4. The summed E-state index contributed by atoms with van der Waals surface area (Å²) in [5, 5.41) is 0.507. The maximum Gasteiger partial charge on any atom is 0.434 e. The van der Waals surface area contributed by atoms with Gasteiger partial charge in [0, 0.05) is 30.9 Å². The van der Waals surface area contributed by atoms with Gasteiger partial charge in [-0.15, -0.1) is 0 Å². The van der Waals surface area contributed by atoms with Crippen molar-refractivity contribution < 1.29 is 13.2 Å². The molecule has 0 N–H and O–H groups in total. The molecule has 0 saturated heterocycles. The molecular weight excluding hydrogens is 447 g/mol. The highest BCUT2D eigenvalue weighted by atomic mass is 35.5. The molecule has 0 atom stereocenters. The second kappa shape index (κ2) is 7.37. The molecule has 1 aromatic carbocycles. The van der Waals surface area contributed by atoms with E-state index in [-0.39, 0.29) is 30.0 Å². The number of fused-ring (bicyclic) bond motifs is 2. The van der Waals surface area contributed by atoms with Crippen molar-refractivity contribution in [2.75, 3.05) is 11.4 Å². The first-order valence-corrected chi connectivity index (χ1v) is 10.3. The van der Waals surface area contributed by atoms with Gasteiger partial charge in [0.2, 0.25) is 5.95 Å². The van der Waals surface area contributed by atoms with E-state index in [9.17, 15) is 18.0 Å². The Balaban J connectivity index is 1.67. The summed E-state index contributed by atoms with van der Waals surface area (Å²) < 4.78 is 44.0. The zero-order valence-electron chi connectivity index (χ0n) is 16.8. The average molecular weight is 464 g/mol. The number of aryl methyl sites for hydroxylation is 1. The first kappa shape index (κ1) is 20.6. The number of hydrogen-bond donors (Lipinski definition) is 0. The Morgan fingerprint density at radius 3 is 2.56 bits per heavy atom. The SMILES string of the molecule is CCn1cnc2c(=O)n(-c3ccc(Cl)cc3)c(N3CCn4cc(C(F)(F)F)nc4C3)nc21. The number of anilines is 1. The van der Waals surface area contributed by atoms with Crippen LogP contribution >= 0.6 is 11.6 Å². The van der Waals surface area contributed by atoms with Crippen LogP contribution < -0.4 is 10.5 Å². The van der Waals surface area contributed by atoms with Crippen molar-refractivity contribution in [2.45, 2.75) is 32.7 Å². The summed E-state index contributed by atoms with van der Waals surface area (Å²) >= 11 is 6.01. The minimum absolute atomic E-state index is 0.0713. The molecule has 12 heteroatoms. The monoisotopic (exact) mass is 463 g/mol. The van der Waals surface area contributed by atoms with Crippen LogP contribution in [0.15, 0.2) is 41.6 Å². The Bertz CT molecular complexity index is 1370. The predicted octanol–water partition coefficient (Wildman–Crippen LogP) is 3.49. The fraction of sp³-hybridized carbons (Fsp3) is 0.300. The van der Waals surface area contributed by atoms with Gasteiger partial charge in [-0.2, -0.15) is 18.2 Å². The molecule has 1 aliphatic heterocycles. The van der Waals surface area contributed by atoms with Crippen molar-refractivity contribution in [2.24, 2.45) is 0 Å². The zero-order valence-corrected chi connectivity index (χ0v) is 17.6. The summed E-state index contributed by atoms with van der Waals surface area (Å²) in [6.07, 6.45) is -1.96. The second-order valence-corrected chi connectivity index (χ2v) is 7.82. The fourth-order valence-corrected chi connectivity index (χ4v) is 3.94. The van der Waals surface area contributed by atoms with Gasteiger partial charge in [-0.05, 0) is 31.2 Å². The van der Waals surface area contributed by atoms with Crippen molar-refractivity contribution >= 4 is 28.7 Å². The summed E-state index contributed by atoms with van der Waals surface area (Å²) in [4.78, 5) is 27.9. The first-order chi connectivity index (χ1) is 15.3. The number of halogens is 4. The molecule has 0 unspecified atom stereocenters. The number of aromatic nitrogens is 6. The van der Waals surface area contributed by atoms with E-state index in [1.165, 1.54) is 9.13 Å². The van der Waals surface area contributed by atoms with E-state index in [4.69, 9.17) is 16.6 Å². The highest BCUT2D eigenvalue weighted by Gasteiger charge is 2.36. The lowest BCUT2D eigenvalue weighted by Gasteiger charge is -2.30. The van der Waals surface area contributed by atoms with E-state index in [0.717, 1.165) is 6.20 Å². The lowest BCUT2D eigenvalue weighted by atomic mass is 10.3. The van der Waals surface area contributed by atoms with Crippen molar-refractivity contribution in [1.29, 1.82) is 0 Å². The molecule has 0 bridgehead atoms. The number of alkyl halides is 3. The van der Waals surface area contributed by atoms with Crippen molar-refractivity contribution in [3.63, 3.8) is 0 Å². The van der Waals surface area contributed by atoms with E-state index in [1.807, 2.05) is 6.92 Å². The van der Waals surface area contributed by atoms with E-state index in [1.54, 1.807) is 40.1 Å². The predicted molar refractivity (Wildman–Crippen MR) is 112 cm³/mol. The van der Waals surface area contributed by atoms with Crippen LogP contribution in [0, 0.1) is 0 Å². The third-order valence-electron chi connectivity index (χ3n) is 5.42. The lowest BCUT2D eigenvalue weighted by molar-refractivity contribution is -0.141. The van der Waals surface area contributed by atoms with E-state index in [2.05, 4.69) is 9.97 Å². The van der Waals surface area contributed by atoms with Crippen molar-refractivity contribution in [1.82, 2.24) is 28.7 Å².